The molecule has 154 valence electrons. The summed E-state index contributed by atoms with van der Waals surface area (Å²) >= 11 is 1.09. The SMILES string of the molecule is CCCCN(CCCC)C(=O)c1sc(NS(=O)(=O)c2ccc(C)cc2)nc1C. The second kappa shape index (κ2) is 10.0. The molecule has 6 nitrogen and oxygen atoms in total. The molecule has 0 atom stereocenters. The molecule has 2 aromatic rings. The van der Waals surface area contributed by atoms with Gasteiger partial charge >= 0.3 is 0 Å². The van der Waals surface area contributed by atoms with Crippen LogP contribution in [0.15, 0.2) is 29.2 Å². The molecular formula is C20H29N3O3S2. The number of thiazole rings is 1. The quantitative estimate of drug-likeness (QED) is 0.605. The van der Waals surface area contributed by atoms with E-state index < -0.39 is 10.0 Å². The third kappa shape index (κ3) is 5.78. The van der Waals surface area contributed by atoms with E-state index in [2.05, 4.69) is 23.6 Å². The first-order valence-electron chi connectivity index (χ1n) is 9.64. The highest BCUT2D eigenvalue weighted by molar-refractivity contribution is 7.93. The standard InChI is InChI=1S/C20H29N3O3S2/c1-5-7-13-23(14-8-6-2)19(24)18-16(4)21-20(27-18)22-28(25,26)17-11-9-15(3)10-12-17/h9-12H,5-8,13-14H2,1-4H3,(H,21,22). The molecule has 0 saturated heterocycles. The predicted octanol–water partition coefficient (Wildman–Crippen LogP) is 4.60. The van der Waals surface area contributed by atoms with Crippen LogP contribution in [0.3, 0.4) is 0 Å². The number of hydrogen-bond donors (Lipinski definition) is 1. The van der Waals surface area contributed by atoms with Crippen molar-refractivity contribution in [2.45, 2.75) is 58.3 Å². The Morgan fingerprint density at radius 3 is 2.18 bits per heavy atom. The maximum absolute atomic E-state index is 13.0. The van der Waals surface area contributed by atoms with Crippen LogP contribution in [0.4, 0.5) is 5.13 Å². The highest BCUT2D eigenvalue weighted by Gasteiger charge is 2.23. The average molecular weight is 424 g/mol. The lowest BCUT2D eigenvalue weighted by Crippen LogP contribution is -2.32. The maximum Gasteiger partial charge on any atom is 0.265 e. The fraction of sp³-hybridized carbons (Fsp3) is 0.500. The van der Waals surface area contributed by atoms with Crippen molar-refractivity contribution in [3.05, 3.63) is 40.4 Å². The zero-order valence-corrected chi connectivity index (χ0v) is 18.6. The Balaban J connectivity index is 2.20. The number of benzene rings is 1. The molecule has 1 aromatic heterocycles. The minimum absolute atomic E-state index is 0.0716. The van der Waals surface area contributed by atoms with Crippen LogP contribution in [0.2, 0.25) is 0 Å². The van der Waals surface area contributed by atoms with E-state index in [-0.39, 0.29) is 15.9 Å². The monoisotopic (exact) mass is 423 g/mol. The molecule has 1 aromatic carbocycles. The molecule has 0 saturated carbocycles. The zero-order chi connectivity index (χ0) is 20.7. The lowest BCUT2D eigenvalue weighted by Gasteiger charge is -2.21. The lowest BCUT2D eigenvalue weighted by atomic mass is 10.2. The number of anilines is 1. The van der Waals surface area contributed by atoms with Crippen LogP contribution in [0, 0.1) is 13.8 Å². The van der Waals surface area contributed by atoms with Crippen molar-refractivity contribution in [2.75, 3.05) is 17.8 Å². The van der Waals surface area contributed by atoms with Gasteiger partial charge in [-0.3, -0.25) is 9.52 Å². The van der Waals surface area contributed by atoms with Gasteiger partial charge in [-0.25, -0.2) is 13.4 Å². The first-order chi connectivity index (χ1) is 13.3. The van der Waals surface area contributed by atoms with Crippen LogP contribution >= 0.6 is 11.3 Å². The van der Waals surface area contributed by atoms with E-state index in [9.17, 15) is 13.2 Å². The van der Waals surface area contributed by atoms with Crippen molar-refractivity contribution in [1.29, 1.82) is 0 Å². The molecule has 8 heteroatoms. The Morgan fingerprint density at radius 1 is 1.07 bits per heavy atom. The number of aryl methyl sites for hydroxylation is 2. The molecule has 0 bridgehead atoms. The fourth-order valence-electron chi connectivity index (χ4n) is 2.69. The van der Waals surface area contributed by atoms with Crippen molar-refractivity contribution in [3.8, 4) is 0 Å². The van der Waals surface area contributed by atoms with Crippen LogP contribution in [0.1, 0.15) is 60.5 Å². The molecule has 0 fully saturated rings. The molecule has 1 amide bonds. The van der Waals surface area contributed by atoms with E-state index in [4.69, 9.17) is 0 Å². The molecule has 0 unspecified atom stereocenters. The molecule has 0 aliphatic rings. The zero-order valence-electron chi connectivity index (χ0n) is 17.0. The Hall–Kier alpha value is -1.93. The van der Waals surface area contributed by atoms with Gasteiger partial charge in [0.15, 0.2) is 5.13 Å². The average Bonchev–Trinajstić information content (AvgIpc) is 3.01. The summed E-state index contributed by atoms with van der Waals surface area (Å²) in [6.45, 7) is 9.24. The number of carbonyl (C=O) groups excluding carboxylic acids is 1. The fourth-order valence-corrected chi connectivity index (χ4v) is 4.86. The number of aromatic nitrogens is 1. The summed E-state index contributed by atoms with van der Waals surface area (Å²) in [6, 6.07) is 6.61. The summed E-state index contributed by atoms with van der Waals surface area (Å²) in [5.41, 5.74) is 1.53. The van der Waals surface area contributed by atoms with Gasteiger partial charge in [-0.05, 0) is 38.8 Å². The Kier molecular flexibility index (Phi) is 8.00. The van der Waals surface area contributed by atoms with Gasteiger partial charge < -0.3 is 4.90 Å². The van der Waals surface area contributed by atoms with Crippen molar-refractivity contribution in [3.63, 3.8) is 0 Å². The van der Waals surface area contributed by atoms with Crippen LogP contribution in [0.5, 0.6) is 0 Å². The van der Waals surface area contributed by atoms with E-state index in [0.717, 1.165) is 42.6 Å². The van der Waals surface area contributed by atoms with Crippen molar-refractivity contribution >= 4 is 32.4 Å². The minimum atomic E-state index is -3.73. The maximum atomic E-state index is 13.0. The first kappa shape index (κ1) is 22.4. The largest absolute Gasteiger partial charge is 0.338 e. The second-order valence-electron chi connectivity index (χ2n) is 6.85. The molecule has 1 N–H and O–H groups in total. The number of carbonyl (C=O) groups is 1. The molecule has 0 aliphatic heterocycles. The highest BCUT2D eigenvalue weighted by Crippen LogP contribution is 2.26. The van der Waals surface area contributed by atoms with Crippen molar-refractivity contribution in [2.24, 2.45) is 0 Å². The summed E-state index contributed by atoms with van der Waals surface area (Å²) in [6.07, 6.45) is 3.92. The number of nitrogens with zero attached hydrogens (tertiary/aromatic N) is 2. The summed E-state index contributed by atoms with van der Waals surface area (Å²) < 4.78 is 27.7. The van der Waals surface area contributed by atoms with Gasteiger partial charge in [0.1, 0.15) is 4.88 Å². The number of unbranched alkanes of at least 4 members (excludes halogenated alkanes) is 2. The van der Waals surface area contributed by atoms with Crippen LogP contribution in [-0.4, -0.2) is 37.3 Å². The Labute approximate surface area is 172 Å². The summed E-state index contributed by atoms with van der Waals surface area (Å²) in [5, 5.41) is 0.215. The molecular weight excluding hydrogens is 394 g/mol. The predicted molar refractivity (Wildman–Crippen MR) is 115 cm³/mol. The van der Waals surface area contributed by atoms with Crippen LogP contribution in [-0.2, 0) is 10.0 Å². The Morgan fingerprint density at radius 2 is 1.64 bits per heavy atom. The number of rotatable bonds is 10. The molecule has 1 heterocycles. The van der Waals surface area contributed by atoms with E-state index in [1.165, 1.54) is 0 Å². The number of sulfonamides is 1. The Bertz CT molecular complexity index is 882. The van der Waals surface area contributed by atoms with Gasteiger partial charge in [0, 0.05) is 13.1 Å². The first-order valence-corrected chi connectivity index (χ1v) is 11.9. The molecule has 0 aliphatic carbocycles. The molecule has 2 rings (SSSR count). The third-order valence-corrected chi connectivity index (χ3v) is 6.94. The normalized spacial score (nSPS) is 11.4. The second-order valence-corrected chi connectivity index (χ2v) is 9.53. The van der Waals surface area contributed by atoms with Gasteiger partial charge in [0.25, 0.3) is 15.9 Å². The van der Waals surface area contributed by atoms with E-state index >= 15 is 0 Å². The van der Waals surface area contributed by atoms with Gasteiger partial charge in [0.05, 0.1) is 10.6 Å². The van der Waals surface area contributed by atoms with E-state index in [0.29, 0.717) is 23.7 Å². The summed E-state index contributed by atoms with van der Waals surface area (Å²) in [5.74, 6) is -0.0716. The summed E-state index contributed by atoms with van der Waals surface area (Å²) in [4.78, 5) is 19.8. The minimum Gasteiger partial charge on any atom is -0.338 e. The summed E-state index contributed by atoms with van der Waals surface area (Å²) in [7, 11) is -3.73. The van der Waals surface area contributed by atoms with Gasteiger partial charge in [0.2, 0.25) is 0 Å². The van der Waals surface area contributed by atoms with Crippen LogP contribution < -0.4 is 4.72 Å². The van der Waals surface area contributed by atoms with Crippen molar-refractivity contribution < 1.29 is 13.2 Å². The number of hydrogen-bond acceptors (Lipinski definition) is 5. The van der Waals surface area contributed by atoms with Gasteiger partial charge in [-0.2, -0.15) is 0 Å². The van der Waals surface area contributed by atoms with Gasteiger partial charge in [-0.1, -0.05) is 55.7 Å². The van der Waals surface area contributed by atoms with Crippen LogP contribution in [0.25, 0.3) is 0 Å². The molecule has 0 radical (unpaired) electrons. The topological polar surface area (TPSA) is 79.4 Å². The van der Waals surface area contributed by atoms with E-state index in [1.54, 1.807) is 31.2 Å². The number of nitrogens with one attached hydrogen (secondary N) is 1. The smallest absolute Gasteiger partial charge is 0.265 e. The van der Waals surface area contributed by atoms with Gasteiger partial charge in [-0.15, -0.1) is 0 Å². The third-order valence-electron chi connectivity index (χ3n) is 4.39. The molecule has 28 heavy (non-hydrogen) atoms. The highest BCUT2D eigenvalue weighted by atomic mass is 32.2. The molecule has 0 spiro atoms. The van der Waals surface area contributed by atoms with E-state index in [1.807, 2.05) is 11.8 Å². The van der Waals surface area contributed by atoms with Crippen molar-refractivity contribution in [1.82, 2.24) is 9.88 Å². The lowest BCUT2D eigenvalue weighted by molar-refractivity contribution is 0.0755. The number of amides is 1.